The number of rotatable bonds is 6. The molecule has 0 bridgehead atoms. The van der Waals surface area contributed by atoms with E-state index < -0.39 is 0 Å². The molecule has 5 rings (SSSR count). The number of anilines is 1. The molecule has 33 heavy (non-hydrogen) atoms. The third-order valence-electron chi connectivity index (χ3n) is 7.01. The molecule has 2 atom stereocenters. The number of likely N-dealkylation sites (N-methyl/N-ethyl adjacent to an activating group) is 1. The van der Waals surface area contributed by atoms with Gasteiger partial charge in [-0.1, -0.05) is 25.0 Å². The van der Waals surface area contributed by atoms with Gasteiger partial charge >= 0.3 is 0 Å². The summed E-state index contributed by atoms with van der Waals surface area (Å²) in [6.45, 7) is 2.08. The summed E-state index contributed by atoms with van der Waals surface area (Å²) in [5, 5.41) is 7.67. The molecule has 0 aliphatic heterocycles. The molecule has 0 unspecified atom stereocenters. The molecule has 2 aliphatic carbocycles. The molecule has 6 nitrogen and oxygen atoms in total. The van der Waals surface area contributed by atoms with Crippen LogP contribution in [0, 0.1) is 6.92 Å². The number of hydrogen-bond donors (Lipinski definition) is 2. The van der Waals surface area contributed by atoms with Gasteiger partial charge in [0.1, 0.15) is 0 Å². The number of hydrogen-bond acceptors (Lipinski definition) is 5. The van der Waals surface area contributed by atoms with Crippen molar-refractivity contribution in [3.63, 3.8) is 0 Å². The number of benzene rings is 2. The van der Waals surface area contributed by atoms with Crippen LogP contribution in [0.1, 0.15) is 54.4 Å². The number of nitrogens with zero attached hydrogens (tertiary/aromatic N) is 3. The number of carbonyl (C=O) groups excluding carboxylic acids is 1. The van der Waals surface area contributed by atoms with Crippen LogP contribution in [0.5, 0.6) is 0 Å². The van der Waals surface area contributed by atoms with Gasteiger partial charge in [0.15, 0.2) is 0 Å². The molecule has 2 N–H and O–H groups in total. The second-order valence-corrected chi connectivity index (χ2v) is 9.81. The molecule has 0 saturated heterocycles. The first-order valence-corrected chi connectivity index (χ1v) is 12.1. The van der Waals surface area contributed by atoms with Gasteiger partial charge in [0, 0.05) is 35.3 Å². The van der Waals surface area contributed by atoms with Gasteiger partial charge in [-0.2, -0.15) is 0 Å². The van der Waals surface area contributed by atoms with Crippen LogP contribution in [-0.4, -0.2) is 53.0 Å². The first kappa shape index (κ1) is 21.8. The van der Waals surface area contributed by atoms with Crippen molar-refractivity contribution in [2.45, 2.75) is 63.6 Å². The van der Waals surface area contributed by atoms with Crippen molar-refractivity contribution in [3.8, 4) is 11.1 Å². The molecule has 2 saturated carbocycles. The summed E-state index contributed by atoms with van der Waals surface area (Å²) in [5.41, 5.74) is 4.92. The molecular formula is C27H33N5O. The monoisotopic (exact) mass is 443 g/mol. The smallest absolute Gasteiger partial charge is 0.251 e. The highest BCUT2D eigenvalue weighted by Crippen LogP contribution is 2.29. The van der Waals surface area contributed by atoms with Crippen molar-refractivity contribution in [1.29, 1.82) is 0 Å². The maximum atomic E-state index is 12.5. The predicted molar refractivity (Wildman–Crippen MR) is 134 cm³/mol. The van der Waals surface area contributed by atoms with E-state index >= 15 is 0 Å². The van der Waals surface area contributed by atoms with E-state index in [0.29, 0.717) is 29.6 Å². The number of aryl methyl sites for hydroxylation is 1. The largest absolute Gasteiger partial charge is 0.350 e. The summed E-state index contributed by atoms with van der Waals surface area (Å²) in [7, 11) is 4.31. The zero-order chi connectivity index (χ0) is 22.9. The summed E-state index contributed by atoms with van der Waals surface area (Å²) < 4.78 is 0. The van der Waals surface area contributed by atoms with Crippen LogP contribution >= 0.6 is 0 Å². The fourth-order valence-electron chi connectivity index (χ4n) is 4.90. The van der Waals surface area contributed by atoms with E-state index in [2.05, 4.69) is 59.7 Å². The number of nitrogens with one attached hydrogen (secondary N) is 2. The van der Waals surface area contributed by atoms with Crippen molar-refractivity contribution < 1.29 is 4.79 Å². The topological polar surface area (TPSA) is 70.2 Å². The van der Waals surface area contributed by atoms with E-state index in [1.165, 1.54) is 19.3 Å². The van der Waals surface area contributed by atoms with Gasteiger partial charge < -0.3 is 15.5 Å². The van der Waals surface area contributed by atoms with E-state index in [-0.39, 0.29) is 5.91 Å². The van der Waals surface area contributed by atoms with Gasteiger partial charge in [0.25, 0.3) is 5.91 Å². The Labute approximate surface area is 195 Å². The first-order chi connectivity index (χ1) is 16.0. The highest BCUT2D eigenvalue weighted by Gasteiger charge is 2.27. The zero-order valence-electron chi connectivity index (χ0n) is 19.8. The maximum absolute atomic E-state index is 12.5. The minimum absolute atomic E-state index is 0.0114. The summed E-state index contributed by atoms with van der Waals surface area (Å²) in [6.07, 6.45) is 8.96. The fraction of sp³-hybridized carbons (Fsp3) is 0.444. The van der Waals surface area contributed by atoms with Crippen LogP contribution in [0.25, 0.3) is 22.0 Å². The lowest BCUT2D eigenvalue weighted by Crippen LogP contribution is -2.45. The number of carbonyl (C=O) groups is 1. The van der Waals surface area contributed by atoms with E-state index in [1.54, 1.807) is 0 Å². The van der Waals surface area contributed by atoms with Crippen LogP contribution in [0.15, 0.2) is 42.6 Å². The van der Waals surface area contributed by atoms with E-state index in [1.807, 2.05) is 24.4 Å². The van der Waals surface area contributed by atoms with Crippen molar-refractivity contribution in [2.75, 3.05) is 19.4 Å². The Morgan fingerprint density at radius 1 is 1.03 bits per heavy atom. The molecule has 3 aromatic rings. The highest BCUT2D eigenvalue weighted by atomic mass is 16.1. The SMILES string of the molecule is Cc1ccc(C(=O)NC2CC2)cc1-c1ccc2nc(N[C@@H]3CCCC[C@H]3N(C)C)ncc2c1. The van der Waals surface area contributed by atoms with Crippen molar-refractivity contribution in [1.82, 2.24) is 20.2 Å². The lowest BCUT2D eigenvalue weighted by Gasteiger charge is -2.36. The number of fused-ring (bicyclic) bond motifs is 1. The summed E-state index contributed by atoms with van der Waals surface area (Å²) in [5.74, 6) is 0.709. The standard InChI is InChI=1S/C27H33N5O/c1-17-8-9-19(26(33)29-21-11-12-21)15-22(17)18-10-13-23-20(14-18)16-28-27(30-23)31-24-6-4-5-7-25(24)32(2)3/h8-10,13-16,21,24-25H,4-7,11-12H2,1-3H3,(H,29,33)(H,28,30,31)/t24-,25-/m1/s1. The van der Waals surface area contributed by atoms with E-state index in [0.717, 1.165) is 46.9 Å². The van der Waals surface area contributed by atoms with Gasteiger partial charge in [-0.15, -0.1) is 0 Å². The van der Waals surface area contributed by atoms with Gasteiger partial charge in [-0.3, -0.25) is 4.79 Å². The normalized spacial score (nSPS) is 20.7. The first-order valence-electron chi connectivity index (χ1n) is 12.1. The molecule has 2 aromatic carbocycles. The zero-order valence-corrected chi connectivity index (χ0v) is 19.8. The molecule has 1 amide bonds. The lowest BCUT2D eigenvalue weighted by atomic mass is 9.89. The molecule has 1 heterocycles. The van der Waals surface area contributed by atoms with Gasteiger partial charge in [0.2, 0.25) is 5.95 Å². The molecule has 6 heteroatoms. The van der Waals surface area contributed by atoms with Gasteiger partial charge in [0.05, 0.1) is 5.52 Å². The molecule has 0 radical (unpaired) electrons. The van der Waals surface area contributed by atoms with Crippen molar-refractivity contribution in [2.24, 2.45) is 0 Å². The predicted octanol–water partition coefficient (Wildman–Crippen LogP) is 4.78. The fourth-order valence-corrected chi connectivity index (χ4v) is 4.90. The second-order valence-electron chi connectivity index (χ2n) is 9.81. The van der Waals surface area contributed by atoms with Gasteiger partial charge in [-0.05, 0) is 87.7 Å². The summed E-state index contributed by atoms with van der Waals surface area (Å²) >= 11 is 0. The Balaban J connectivity index is 1.38. The molecular weight excluding hydrogens is 410 g/mol. The van der Waals surface area contributed by atoms with E-state index in [4.69, 9.17) is 4.98 Å². The van der Waals surface area contributed by atoms with E-state index in [9.17, 15) is 4.79 Å². The van der Waals surface area contributed by atoms with Crippen LogP contribution in [0.2, 0.25) is 0 Å². The third kappa shape index (κ3) is 4.86. The molecule has 172 valence electrons. The average Bonchev–Trinajstić information content (AvgIpc) is 3.63. The van der Waals surface area contributed by atoms with Crippen LogP contribution < -0.4 is 10.6 Å². The Hall–Kier alpha value is -2.99. The molecule has 2 aliphatic rings. The second kappa shape index (κ2) is 9.10. The van der Waals surface area contributed by atoms with Crippen LogP contribution in [0.3, 0.4) is 0 Å². The Kier molecular flexibility index (Phi) is 6.02. The number of amides is 1. The van der Waals surface area contributed by atoms with Crippen molar-refractivity contribution >= 4 is 22.8 Å². The Morgan fingerprint density at radius 3 is 2.64 bits per heavy atom. The minimum atomic E-state index is 0.0114. The molecule has 1 aromatic heterocycles. The minimum Gasteiger partial charge on any atom is -0.350 e. The maximum Gasteiger partial charge on any atom is 0.251 e. The third-order valence-corrected chi connectivity index (χ3v) is 7.01. The Morgan fingerprint density at radius 2 is 1.85 bits per heavy atom. The number of aromatic nitrogens is 2. The highest BCUT2D eigenvalue weighted by molar-refractivity contribution is 5.96. The average molecular weight is 444 g/mol. The summed E-state index contributed by atoms with van der Waals surface area (Å²) in [4.78, 5) is 24.3. The van der Waals surface area contributed by atoms with Crippen LogP contribution in [-0.2, 0) is 0 Å². The molecule has 0 spiro atoms. The Bertz CT molecular complexity index is 1170. The van der Waals surface area contributed by atoms with Crippen LogP contribution in [0.4, 0.5) is 5.95 Å². The van der Waals surface area contributed by atoms with Gasteiger partial charge in [-0.25, -0.2) is 9.97 Å². The molecule has 2 fully saturated rings. The van der Waals surface area contributed by atoms with Crippen molar-refractivity contribution in [3.05, 3.63) is 53.7 Å². The summed E-state index contributed by atoms with van der Waals surface area (Å²) in [6, 6.07) is 13.4. The quantitative estimate of drug-likeness (QED) is 0.574. The lowest BCUT2D eigenvalue weighted by molar-refractivity contribution is 0.0951.